The Kier molecular flexibility index (Phi) is 2.80. The Morgan fingerprint density at radius 2 is 2.28 bits per heavy atom. The summed E-state index contributed by atoms with van der Waals surface area (Å²) in [4.78, 5) is 6.56. The molecule has 2 aromatic rings. The van der Waals surface area contributed by atoms with Gasteiger partial charge in [-0.05, 0) is 44.3 Å². The molecule has 0 atom stereocenters. The molecular weight excluding hydrogens is 224 g/mol. The van der Waals surface area contributed by atoms with E-state index in [1.807, 2.05) is 12.4 Å². The van der Waals surface area contributed by atoms with E-state index in [1.165, 1.54) is 16.9 Å². The summed E-state index contributed by atoms with van der Waals surface area (Å²) >= 11 is 0. The van der Waals surface area contributed by atoms with Gasteiger partial charge in [-0.3, -0.25) is 0 Å². The summed E-state index contributed by atoms with van der Waals surface area (Å²) in [6, 6.07) is 6.57. The third-order valence-electron chi connectivity index (χ3n) is 3.25. The van der Waals surface area contributed by atoms with Gasteiger partial charge in [0.15, 0.2) is 0 Å². The molecule has 0 radical (unpaired) electrons. The Morgan fingerprint density at radius 1 is 1.39 bits per heavy atom. The van der Waals surface area contributed by atoms with Crippen molar-refractivity contribution in [3.05, 3.63) is 42.0 Å². The molecule has 0 saturated carbocycles. The lowest BCUT2D eigenvalue weighted by atomic mass is 10.1. The third kappa shape index (κ3) is 1.99. The van der Waals surface area contributed by atoms with Gasteiger partial charge in [0.05, 0.1) is 6.54 Å². The van der Waals surface area contributed by atoms with Gasteiger partial charge in [0.25, 0.3) is 0 Å². The van der Waals surface area contributed by atoms with Gasteiger partial charge < -0.3 is 14.8 Å². The molecule has 0 aliphatic carbocycles. The van der Waals surface area contributed by atoms with Crippen molar-refractivity contribution >= 4 is 5.69 Å². The van der Waals surface area contributed by atoms with Crippen LogP contribution in [-0.2, 0) is 13.0 Å². The first-order valence-electron chi connectivity index (χ1n) is 6.28. The molecule has 3 rings (SSSR count). The molecule has 4 nitrogen and oxygen atoms in total. The lowest BCUT2D eigenvalue weighted by Crippen LogP contribution is -2.14. The highest BCUT2D eigenvalue weighted by atomic mass is 15.1. The summed E-state index contributed by atoms with van der Waals surface area (Å²) in [6.45, 7) is 1.90. The molecule has 0 fully saturated rings. The van der Waals surface area contributed by atoms with E-state index in [-0.39, 0.29) is 0 Å². The van der Waals surface area contributed by atoms with Crippen LogP contribution in [0, 0.1) is 0 Å². The van der Waals surface area contributed by atoms with E-state index < -0.39 is 0 Å². The van der Waals surface area contributed by atoms with Crippen LogP contribution in [0.15, 0.2) is 30.6 Å². The summed E-state index contributed by atoms with van der Waals surface area (Å²) in [6.07, 6.45) is 5.01. The second-order valence-corrected chi connectivity index (χ2v) is 4.97. The zero-order valence-electron chi connectivity index (χ0n) is 10.8. The summed E-state index contributed by atoms with van der Waals surface area (Å²) < 4.78 is 2.17. The van der Waals surface area contributed by atoms with Crippen LogP contribution >= 0.6 is 0 Å². The number of imidazole rings is 1. The van der Waals surface area contributed by atoms with Gasteiger partial charge in [-0.1, -0.05) is 0 Å². The molecule has 4 heteroatoms. The molecule has 1 aromatic heterocycles. The second-order valence-electron chi connectivity index (χ2n) is 4.97. The number of rotatable bonds is 3. The largest absolute Gasteiger partial charge is 0.384 e. The minimum atomic E-state index is 0.850. The highest BCUT2D eigenvalue weighted by Crippen LogP contribution is 2.25. The normalized spacial score (nSPS) is 13.7. The van der Waals surface area contributed by atoms with Gasteiger partial charge in [-0.25, -0.2) is 4.98 Å². The Morgan fingerprint density at radius 3 is 3.11 bits per heavy atom. The molecule has 0 unspecified atom stereocenters. The van der Waals surface area contributed by atoms with E-state index in [9.17, 15) is 0 Å². The molecule has 1 aromatic carbocycles. The van der Waals surface area contributed by atoms with Crippen molar-refractivity contribution < 1.29 is 0 Å². The summed E-state index contributed by atoms with van der Waals surface area (Å²) in [5.41, 5.74) is 3.87. The van der Waals surface area contributed by atoms with Crippen molar-refractivity contribution in [3.8, 4) is 5.69 Å². The van der Waals surface area contributed by atoms with E-state index >= 15 is 0 Å². The van der Waals surface area contributed by atoms with Gasteiger partial charge in [0.1, 0.15) is 5.82 Å². The molecule has 1 aliphatic rings. The van der Waals surface area contributed by atoms with Gasteiger partial charge in [-0.2, -0.15) is 0 Å². The average molecular weight is 242 g/mol. The van der Waals surface area contributed by atoms with E-state index in [2.05, 4.69) is 52.1 Å². The highest BCUT2D eigenvalue weighted by Gasteiger charge is 2.12. The zero-order chi connectivity index (χ0) is 12.5. The van der Waals surface area contributed by atoms with Crippen molar-refractivity contribution in [2.45, 2.75) is 13.0 Å². The minimum Gasteiger partial charge on any atom is -0.384 e. The Labute approximate surface area is 107 Å². The van der Waals surface area contributed by atoms with Crippen LogP contribution in [0.25, 0.3) is 5.69 Å². The van der Waals surface area contributed by atoms with Crippen LogP contribution in [0.4, 0.5) is 5.69 Å². The van der Waals surface area contributed by atoms with Crippen molar-refractivity contribution in [1.82, 2.24) is 14.5 Å². The maximum absolute atomic E-state index is 4.43. The maximum atomic E-state index is 4.43. The first-order chi connectivity index (χ1) is 8.74. The number of benzene rings is 1. The second kappa shape index (κ2) is 4.46. The number of fused-ring (bicyclic) bond motifs is 1. The van der Waals surface area contributed by atoms with Gasteiger partial charge in [0.2, 0.25) is 0 Å². The maximum Gasteiger partial charge on any atom is 0.127 e. The predicted molar refractivity (Wildman–Crippen MR) is 73.1 cm³/mol. The van der Waals surface area contributed by atoms with Crippen LogP contribution < -0.4 is 5.32 Å². The summed E-state index contributed by atoms with van der Waals surface area (Å²) in [5.74, 6) is 1.07. The quantitative estimate of drug-likeness (QED) is 0.892. The van der Waals surface area contributed by atoms with Gasteiger partial charge in [-0.15, -0.1) is 0 Å². The summed E-state index contributed by atoms with van der Waals surface area (Å²) in [5, 5.41) is 3.39. The number of hydrogen-bond donors (Lipinski definition) is 1. The van der Waals surface area contributed by atoms with Gasteiger partial charge in [0, 0.05) is 30.3 Å². The molecule has 1 N–H and O–H groups in total. The number of anilines is 1. The first-order valence-corrected chi connectivity index (χ1v) is 6.28. The number of hydrogen-bond acceptors (Lipinski definition) is 3. The van der Waals surface area contributed by atoms with Crippen molar-refractivity contribution in [2.24, 2.45) is 0 Å². The van der Waals surface area contributed by atoms with Crippen LogP contribution in [0.5, 0.6) is 0 Å². The fraction of sp³-hybridized carbons (Fsp3) is 0.357. The molecule has 2 heterocycles. The first kappa shape index (κ1) is 11.3. The van der Waals surface area contributed by atoms with Crippen molar-refractivity contribution in [1.29, 1.82) is 0 Å². The Bertz CT molecular complexity index is 557. The lowest BCUT2D eigenvalue weighted by molar-refractivity contribution is 0.388. The highest BCUT2D eigenvalue weighted by molar-refractivity contribution is 5.59. The van der Waals surface area contributed by atoms with E-state index in [4.69, 9.17) is 0 Å². The molecule has 0 spiro atoms. The van der Waals surface area contributed by atoms with Crippen LogP contribution in [0.1, 0.15) is 11.4 Å². The van der Waals surface area contributed by atoms with E-state index in [1.54, 1.807) is 0 Å². The van der Waals surface area contributed by atoms with Crippen LogP contribution in [-0.4, -0.2) is 35.1 Å². The van der Waals surface area contributed by atoms with Crippen molar-refractivity contribution in [3.63, 3.8) is 0 Å². The van der Waals surface area contributed by atoms with Crippen LogP contribution in [0.3, 0.4) is 0 Å². The molecule has 0 amide bonds. The van der Waals surface area contributed by atoms with E-state index in [0.29, 0.717) is 0 Å². The molecule has 1 aliphatic heterocycles. The minimum absolute atomic E-state index is 0.850. The van der Waals surface area contributed by atoms with Crippen molar-refractivity contribution in [2.75, 3.05) is 26.0 Å². The third-order valence-corrected chi connectivity index (χ3v) is 3.25. The smallest absolute Gasteiger partial charge is 0.127 e. The van der Waals surface area contributed by atoms with Gasteiger partial charge >= 0.3 is 0 Å². The predicted octanol–water partition coefficient (Wildman–Crippen LogP) is 1.90. The molecule has 0 saturated heterocycles. The number of aromatic nitrogens is 2. The number of nitrogens with zero attached hydrogens (tertiary/aromatic N) is 3. The topological polar surface area (TPSA) is 33.1 Å². The summed E-state index contributed by atoms with van der Waals surface area (Å²) in [7, 11) is 4.12. The van der Waals surface area contributed by atoms with Crippen LogP contribution in [0.2, 0.25) is 0 Å². The molecule has 18 heavy (non-hydrogen) atoms. The molecule has 0 bridgehead atoms. The fourth-order valence-corrected chi connectivity index (χ4v) is 2.41. The SMILES string of the molecule is CN(C)Cc1nccn1-c1ccc2c(c1)CCN2. The fourth-order valence-electron chi connectivity index (χ4n) is 2.41. The Hall–Kier alpha value is -1.81. The monoisotopic (exact) mass is 242 g/mol. The zero-order valence-corrected chi connectivity index (χ0v) is 10.8. The number of nitrogens with one attached hydrogen (secondary N) is 1. The molecular formula is C14H18N4. The lowest BCUT2D eigenvalue weighted by Gasteiger charge is -2.13. The Balaban J connectivity index is 1.97. The van der Waals surface area contributed by atoms with E-state index in [0.717, 1.165) is 25.3 Å². The standard InChI is InChI=1S/C14H18N4/c1-17(2)10-14-16-7-8-18(14)12-3-4-13-11(9-12)5-6-15-13/h3-4,7-9,15H,5-6,10H2,1-2H3. The molecule has 94 valence electrons. The average Bonchev–Trinajstić information content (AvgIpc) is 2.95.